The molecule has 0 radical (unpaired) electrons. The van der Waals surface area contributed by atoms with E-state index in [0.717, 1.165) is 0 Å². The van der Waals surface area contributed by atoms with Gasteiger partial charge in [-0.25, -0.2) is 4.79 Å². The number of amides is 2. The number of likely N-dealkylation sites (tertiary alicyclic amines) is 1. The highest BCUT2D eigenvalue weighted by molar-refractivity contribution is 5.77. The summed E-state index contributed by atoms with van der Waals surface area (Å²) in [6.07, 6.45) is 1.07. The number of rotatable bonds is 1. The summed E-state index contributed by atoms with van der Waals surface area (Å²) in [6, 6.07) is -0.0226. The first-order chi connectivity index (χ1) is 9.33. The normalized spacial score (nSPS) is 30.1. The zero-order valence-electron chi connectivity index (χ0n) is 12.5. The maximum absolute atomic E-state index is 12.7. The van der Waals surface area contributed by atoms with Crippen molar-refractivity contribution in [3.63, 3.8) is 0 Å². The molecule has 2 rings (SSSR count). The van der Waals surface area contributed by atoms with Crippen LogP contribution in [0.5, 0.6) is 0 Å². The van der Waals surface area contributed by atoms with Gasteiger partial charge < -0.3 is 19.6 Å². The van der Waals surface area contributed by atoms with Crippen LogP contribution in [0.1, 0.15) is 33.6 Å². The molecule has 20 heavy (non-hydrogen) atoms. The Balaban J connectivity index is 2.04. The fraction of sp³-hybridized carbons (Fsp3) is 0.857. The van der Waals surface area contributed by atoms with Gasteiger partial charge in [-0.1, -0.05) is 0 Å². The van der Waals surface area contributed by atoms with Crippen molar-refractivity contribution < 1.29 is 19.4 Å². The Morgan fingerprint density at radius 2 is 2.00 bits per heavy atom. The molecule has 2 heterocycles. The lowest BCUT2D eigenvalue weighted by molar-refractivity contribution is -0.143. The number of piperidine rings is 1. The first kappa shape index (κ1) is 15.1. The van der Waals surface area contributed by atoms with Gasteiger partial charge in [0.2, 0.25) is 0 Å². The van der Waals surface area contributed by atoms with Crippen LogP contribution < -0.4 is 0 Å². The number of morpholine rings is 1. The molecule has 114 valence electrons. The summed E-state index contributed by atoms with van der Waals surface area (Å²) < 4.78 is 5.44. The van der Waals surface area contributed by atoms with Gasteiger partial charge in [0, 0.05) is 19.1 Å². The highest BCUT2D eigenvalue weighted by Crippen LogP contribution is 2.27. The fourth-order valence-corrected chi connectivity index (χ4v) is 3.05. The van der Waals surface area contributed by atoms with Crippen LogP contribution in [-0.4, -0.2) is 64.8 Å². The SMILES string of the molecule is CC1CC(C(=O)O)CCN1C(=O)N1CCOCC1(C)C. The van der Waals surface area contributed by atoms with Gasteiger partial charge in [0.25, 0.3) is 0 Å². The van der Waals surface area contributed by atoms with Crippen molar-refractivity contribution in [2.24, 2.45) is 5.92 Å². The van der Waals surface area contributed by atoms with E-state index in [1.165, 1.54) is 0 Å². The molecule has 0 aromatic heterocycles. The fourth-order valence-electron chi connectivity index (χ4n) is 3.05. The summed E-state index contributed by atoms with van der Waals surface area (Å²) in [5.74, 6) is -1.08. The number of ether oxygens (including phenoxy) is 1. The third-order valence-corrected chi connectivity index (χ3v) is 4.35. The van der Waals surface area contributed by atoms with E-state index < -0.39 is 5.97 Å². The van der Waals surface area contributed by atoms with E-state index in [0.29, 0.717) is 39.1 Å². The van der Waals surface area contributed by atoms with Crippen LogP contribution >= 0.6 is 0 Å². The minimum Gasteiger partial charge on any atom is -0.481 e. The molecular formula is C14H24N2O4. The van der Waals surface area contributed by atoms with E-state index in [9.17, 15) is 9.59 Å². The molecule has 2 atom stereocenters. The van der Waals surface area contributed by atoms with Crippen LogP contribution in [0.4, 0.5) is 4.79 Å². The monoisotopic (exact) mass is 284 g/mol. The summed E-state index contributed by atoms with van der Waals surface area (Å²) in [7, 11) is 0. The van der Waals surface area contributed by atoms with E-state index in [1.54, 1.807) is 0 Å². The predicted octanol–water partition coefficient (Wildman–Crippen LogP) is 1.40. The highest BCUT2D eigenvalue weighted by Gasteiger charge is 2.40. The summed E-state index contributed by atoms with van der Waals surface area (Å²) in [4.78, 5) is 27.4. The smallest absolute Gasteiger partial charge is 0.320 e. The molecule has 0 spiro atoms. The van der Waals surface area contributed by atoms with E-state index in [1.807, 2.05) is 30.6 Å². The molecule has 6 nitrogen and oxygen atoms in total. The molecule has 1 N–H and O–H groups in total. The number of hydrogen-bond donors (Lipinski definition) is 1. The van der Waals surface area contributed by atoms with Crippen molar-refractivity contribution in [3.8, 4) is 0 Å². The highest BCUT2D eigenvalue weighted by atomic mass is 16.5. The van der Waals surface area contributed by atoms with Crippen molar-refractivity contribution in [3.05, 3.63) is 0 Å². The average Bonchev–Trinajstić information content (AvgIpc) is 2.37. The summed E-state index contributed by atoms with van der Waals surface area (Å²) in [6.45, 7) is 8.15. The minimum atomic E-state index is -0.754. The lowest BCUT2D eigenvalue weighted by Gasteiger charge is -2.46. The Morgan fingerprint density at radius 1 is 1.30 bits per heavy atom. The zero-order valence-corrected chi connectivity index (χ0v) is 12.5. The Hall–Kier alpha value is -1.30. The Morgan fingerprint density at radius 3 is 2.55 bits per heavy atom. The number of aliphatic carboxylic acids is 1. The molecule has 2 aliphatic heterocycles. The number of carboxylic acid groups (broad SMARTS) is 1. The lowest BCUT2D eigenvalue weighted by Crippen LogP contribution is -2.61. The molecule has 0 aromatic rings. The third kappa shape index (κ3) is 2.90. The molecule has 2 fully saturated rings. The van der Waals surface area contributed by atoms with Crippen LogP contribution in [0.2, 0.25) is 0 Å². The van der Waals surface area contributed by atoms with Crippen LogP contribution in [0.25, 0.3) is 0 Å². The Labute approximate surface area is 119 Å². The second-order valence-corrected chi connectivity index (χ2v) is 6.40. The lowest BCUT2D eigenvalue weighted by atomic mass is 9.91. The summed E-state index contributed by atoms with van der Waals surface area (Å²) in [5, 5.41) is 9.08. The predicted molar refractivity (Wildman–Crippen MR) is 73.5 cm³/mol. The maximum atomic E-state index is 12.7. The molecule has 2 aliphatic rings. The molecule has 2 saturated heterocycles. The van der Waals surface area contributed by atoms with Gasteiger partial charge in [-0.15, -0.1) is 0 Å². The Kier molecular flexibility index (Phi) is 4.22. The molecule has 2 unspecified atom stereocenters. The molecule has 2 amide bonds. The Bertz CT molecular complexity index is 397. The maximum Gasteiger partial charge on any atom is 0.320 e. The summed E-state index contributed by atoms with van der Waals surface area (Å²) >= 11 is 0. The van der Waals surface area contributed by atoms with Crippen molar-refractivity contribution in [1.29, 1.82) is 0 Å². The molecule has 6 heteroatoms. The van der Waals surface area contributed by atoms with Gasteiger partial charge in [-0.05, 0) is 33.6 Å². The van der Waals surface area contributed by atoms with E-state index in [2.05, 4.69) is 0 Å². The van der Waals surface area contributed by atoms with Crippen LogP contribution in [-0.2, 0) is 9.53 Å². The number of carbonyl (C=O) groups excluding carboxylic acids is 1. The first-order valence-electron chi connectivity index (χ1n) is 7.22. The topological polar surface area (TPSA) is 70.1 Å². The van der Waals surface area contributed by atoms with E-state index in [-0.39, 0.29) is 23.5 Å². The molecule has 0 saturated carbocycles. The van der Waals surface area contributed by atoms with Crippen LogP contribution in [0.15, 0.2) is 0 Å². The second kappa shape index (κ2) is 5.60. The van der Waals surface area contributed by atoms with Crippen molar-refractivity contribution in [2.75, 3.05) is 26.3 Å². The number of carboxylic acids is 1. The zero-order chi connectivity index (χ0) is 14.9. The van der Waals surface area contributed by atoms with Crippen LogP contribution in [0, 0.1) is 5.92 Å². The van der Waals surface area contributed by atoms with Crippen molar-refractivity contribution in [2.45, 2.75) is 45.2 Å². The van der Waals surface area contributed by atoms with Gasteiger partial charge in [-0.2, -0.15) is 0 Å². The summed E-state index contributed by atoms with van der Waals surface area (Å²) in [5.41, 5.74) is -0.307. The van der Waals surface area contributed by atoms with Crippen molar-refractivity contribution in [1.82, 2.24) is 9.80 Å². The largest absolute Gasteiger partial charge is 0.481 e. The average molecular weight is 284 g/mol. The van der Waals surface area contributed by atoms with Crippen molar-refractivity contribution >= 4 is 12.0 Å². The van der Waals surface area contributed by atoms with Crippen LogP contribution in [0.3, 0.4) is 0 Å². The molecule has 0 bridgehead atoms. The molecule has 0 aromatic carbocycles. The first-order valence-corrected chi connectivity index (χ1v) is 7.22. The van der Waals surface area contributed by atoms with Gasteiger partial charge in [0.1, 0.15) is 0 Å². The standard InChI is InChI=1S/C14H24N2O4/c1-10-8-11(12(17)18)4-5-15(10)13(19)16-6-7-20-9-14(16,2)3/h10-11H,4-9H2,1-3H3,(H,17,18). The number of nitrogens with zero attached hydrogens (tertiary/aromatic N) is 2. The van der Waals surface area contributed by atoms with Gasteiger partial charge in [-0.3, -0.25) is 4.79 Å². The molecule has 0 aliphatic carbocycles. The number of urea groups is 1. The number of hydrogen-bond acceptors (Lipinski definition) is 3. The second-order valence-electron chi connectivity index (χ2n) is 6.40. The van der Waals surface area contributed by atoms with Gasteiger partial charge >= 0.3 is 12.0 Å². The molecular weight excluding hydrogens is 260 g/mol. The van der Waals surface area contributed by atoms with E-state index in [4.69, 9.17) is 9.84 Å². The van der Waals surface area contributed by atoms with Gasteiger partial charge in [0.05, 0.1) is 24.7 Å². The number of carbonyl (C=O) groups is 2. The van der Waals surface area contributed by atoms with Gasteiger partial charge in [0.15, 0.2) is 0 Å². The third-order valence-electron chi connectivity index (χ3n) is 4.35. The van der Waals surface area contributed by atoms with E-state index >= 15 is 0 Å². The quantitative estimate of drug-likeness (QED) is 0.790. The minimum absolute atomic E-state index is 0.00892.